The summed E-state index contributed by atoms with van der Waals surface area (Å²) in [7, 11) is 0. The van der Waals surface area contributed by atoms with Crippen LogP contribution in [0, 0.1) is 11.3 Å². The number of hydrogen-bond acceptors (Lipinski definition) is 2. The number of likely N-dealkylation sites (tertiary alicyclic amines) is 2. The molecule has 3 fully saturated rings. The molecular formula is C12H20N2O. The molecule has 3 nitrogen and oxygen atoms in total. The van der Waals surface area contributed by atoms with E-state index in [-0.39, 0.29) is 0 Å². The molecule has 0 aromatic carbocycles. The van der Waals surface area contributed by atoms with Crippen LogP contribution in [0.15, 0.2) is 0 Å². The van der Waals surface area contributed by atoms with Gasteiger partial charge in [0.2, 0.25) is 5.91 Å². The summed E-state index contributed by atoms with van der Waals surface area (Å²) in [6.07, 6.45) is 2.28. The van der Waals surface area contributed by atoms with E-state index in [1.165, 1.54) is 13.1 Å². The van der Waals surface area contributed by atoms with E-state index in [4.69, 9.17) is 0 Å². The van der Waals surface area contributed by atoms with Crippen LogP contribution in [0.25, 0.3) is 0 Å². The third-order valence-electron chi connectivity index (χ3n) is 4.10. The zero-order chi connectivity index (χ0) is 10.6. The van der Waals surface area contributed by atoms with Gasteiger partial charge in [0.15, 0.2) is 0 Å². The molecule has 15 heavy (non-hydrogen) atoms. The van der Waals surface area contributed by atoms with Gasteiger partial charge in [0.1, 0.15) is 0 Å². The molecule has 3 rings (SSSR count). The first-order valence-corrected chi connectivity index (χ1v) is 6.12. The molecule has 3 heteroatoms. The zero-order valence-corrected chi connectivity index (χ0v) is 9.70. The summed E-state index contributed by atoms with van der Waals surface area (Å²) in [6.45, 7) is 8.98. The minimum atomic E-state index is 0.406. The van der Waals surface area contributed by atoms with Gasteiger partial charge in [-0.1, -0.05) is 0 Å². The molecule has 0 bridgehead atoms. The first-order chi connectivity index (χ1) is 7.10. The van der Waals surface area contributed by atoms with E-state index < -0.39 is 0 Å². The lowest BCUT2D eigenvalue weighted by molar-refractivity contribution is -0.163. The molecule has 1 saturated carbocycles. The summed E-state index contributed by atoms with van der Waals surface area (Å²) in [4.78, 5) is 16.3. The molecule has 1 aliphatic carbocycles. The highest BCUT2D eigenvalue weighted by molar-refractivity contribution is 5.82. The van der Waals surface area contributed by atoms with Crippen molar-refractivity contribution in [1.29, 1.82) is 0 Å². The average molecular weight is 208 g/mol. The fraction of sp³-hybridized carbons (Fsp3) is 0.917. The quantitative estimate of drug-likeness (QED) is 0.674. The van der Waals surface area contributed by atoms with E-state index >= 15 is 0 Å². The summed E-state index contributed by atoms with van der Waals surface area (Å²) >= 11 is 0. The highest BCUT2D eigenvalue weighted by atomic mass is 16.2. The Hall–Kier alpha value is -0.570. The Kier molecular flexibility index (Phi) is 1.91. The number of nitrogens with zero attached hydrogens (tertiary/aromatic N) is 2. The number of hydrogen-bond donors (Lipinski definition) is 0. The molecule has 2 saturated heterocycles. The largest absolute Gasteiger partial charge is 0.341 e. The number of rotatable bonds is 2. The second-order valence-corrected chi connectivity index (χ2v) is 5.97. The Bertz CT molecular complexity index is 282. The Morgan fingerprint density at radius 2 is 1.80 bits per heavy atom. The summed E-state index contributed by atoms with van der Waals surface area (Å²) in [5.41, 5.74) is 0.495. The maximum absolute atomic E-state index is 11.7. The molecular weight excluding hydrogens is 188 g/mol. The Labute approximate surface area is 91.4 Å². The van der Waals surface area contributed by atoms with Crippen molar-refractivity contribution < 1.29 is 4.79 Å². The molecule has 3 aliphatic rings. The van der Waals surface area contributed by atoms with Gasteiger partial charge in [0.25, 0.3) is 0 Å². The minimum absolute atomic E-state index is 0.406. The van der Waals surface area contributed by atoms with E-state index in [0.29, 0.717) is 23.3 Å². The van der Waals surface area contributed by atoms with Crippen LogP contribution in [-0.2, 0) is 4.79 Å². The number of amides is 1. The van der Waals surface area contributed by atoms with E-state index in [2.05, 4.69) is 23.6 Å². The van der Waals surface area contributed by atoms with Crippen LogP contribution in [0.3, 0.4) is 0 Å². The maximum atomic E-state index is 11.7. The van der Waals surface area contributed by atoms with Crippen molar-refractivity contribution in [2.24, 2.45) is 11.3 Å². The lowest BCUT2D eigenvalue weighted by atomic mass is 9.72. The molecule has 0 atom stereocenters. The SMILES string of the molecule is CC(C)N1CC2(CN(C(=O)C3CC3)C2)C1. The number of carbonyl (C=O) groups excluding carboxylic acids is 1. The highest BCUT2D eigenvalue weighted by Crippen LogP contribution is 2.43. The average Bonchev–Trinajstić information content (AvgIpc) is 2.78. The fourth-order valence-electron chi connectivity index (χ4n) is 2.89. The Balaban J connectivity index is 1.48. The molecule has 2 aliphatic heterocycles. The molecule has 0 N–H and O–H groups in total. The van der Waals surface area contributed by atoms with Gasteiger partial charge >= 0.3 is 0 Å². The van der Waals surface area contributed by atoms with Crippen LogP contribution in [0.1, 0.15) is 26.7 Å². The topological polar surface area (TPSA) is 23.6 Å². The van der Waals surface area contributed by atoms with Crippen LogP contribution in [0.4, 0.5) is 0 Å². The maximum Gasteiger partial charge on any atom is 0.225 e. The van der Waals surface area contributed by atoms with Gasteiger partial charge in [-0.15, -0.1) is 0 Å². The molecule has 0 unspecified atom stereocenters. The van der Waals surface area contributed by atoms with Crippen LogP contribution in [-0.4, -0.2) is 47.9 Å². The summed E-state index contributed by atoms with van der Waals surface area (Å²) < 4.78 is 0. The van der Waals surface area contributed by atoms with E-state index in [1.807, 2.05) is 0 Å². The van der Waals surface area contributed by atoms with Crippen molar-refractivity contribution in [3.05, 3.63) is 0 Å². The molecule has 0 aromatic heterocycles. The zero-order valence-electron chi connectivity index (χ0n) is 9.70. The van der Waals surface area contributed by atoms with E-state index in [9.17, 15) is 4.79 Å². The van der Waals surface area contributed by atoms with Gasteiger partial charge in [0, 0.05) is 43.6 Å². The second-order valence-electron chi connectivity index (χ2n) is 5.97. The second kappa shape index (κ2) is 2.97. The predicted molar refractivity (Wildman–Crippen MR) is 58.4 cm³/mol. The Morgan fingerprint density at radius 1 is 1.20 bits per heavy atom. The van der Waals surface area contributed by atoms with Gasteiger partial charge in [0.05, 0.1) is 0 Å². The highest BCUT2D eigenvalue weighted by Gasteiger charge is 2.54. The normalized spacial score (nSPS) is 29.1. The monoisotopic (exact) mass is 208 g/mol. The van der Waals surface area contributed by atoms with E-state index in [1.54, 1.807) is 0 Å². The smallest absolute Gasteiger partial charge is 0.225 e. The van der Waals surface area contributed by atoms with Gasteiger partial charge in [-0.2, -0.15) is 0 Å². The van der Waals surface area contributed by atoms with Gasteiger partial charge in [-0.25, -0.2) is 0 Å². The summed E-state index contributed by atoms with van der Waals surface area (Å²) in [5, 5.41) is 0. The van der Waals surface area contributed by atoms with E-state index in [0.717, 1.165) is 25.9 Å². The van der Waals surface area contributed by atoms with Gasteiger partial charge < -0.3 is 4.90 Å². The van der Waals surface area contributed by atoms with Crippen molar-refractivity contribution >= 4 is 5.91 Å². The summed E-state index contributed by atoms with van der Waals surface area (Å²) in [6, 6.07) is 0.670. The molecule has 84 valence electrons. The van der Waals surface area contributed by atoms with Crippen molar-refractivity contribution in [3.8, 4) is 0 Å². The molecule has 2 heterocycles. The number of carbonyl (C=O) groups is 1. The third-order valence-corrected chi connectivity index (χ3v) is 4.10. The molecule has 1 amide bonds. The third kappa shape index (κ3) is 1.48. The van der Waals surface area contributed by atoms with Gasteiger partial charge in [-0.3, -0.25) is 9.69 Å². The van der Waals surface area contributed by atoms with Gasteiger partial charge in [-0.05, 0) is 26.7 Å². The van der Waals surface area contributed by atoms with Crippen LogP contribution in [0.2, 0.25) is 0 Å². The van der Waals surface area contributed by atoms with Crippen LogP contribution >= 0.6 is 0 Å². The van der Waals surface area contributed by atoms with Crippen molar-refractivity contribution in [1.82, 2.24) is 9.80 Å². The standard InChI is InChI=1S/C12H20N2O/c1-9(2)13-5-12(6-13)7-14(8-12)11(15)10-3-4-10/h9-10H,3-8H2,1-2H3. The van der Waals surface area contributed by atoms with Crippen molar-refractivity contribution in [3.63, 3.8) is 0 Å². The lowest BCUT2D eigenvalue weighted by Crippen LogP contribution is -2.73. The minimum Gasteiger partial charge on any atom is -0.341 e. The van der Waals surface area contributed by atoms with Crippen molar-refractivity contribution in [2.45, 2.75) is 32.7 Å². The van der Waals surface area contributed by atoms with Crippen molar-refractivity contribution in [2.75, 3.05) is 26.2 Å². The van der Waals surface area contributed by atoms with Crippen LogP contribution in [0.5, 0.6) is 0 Å². The van der Waals surface area contributed by atoms with Crippen LogP contribution < -0.4 is 0 Å². The molecule has 0 radical (unpaired) electrons. The lowest BCUT2D eigenvalue weighted by Gasteiger charge is -2.61. The first-order valence-electron chi connectivity index (χ1n) is 6.12. The Morgan fingerprint density at radius 3 is 2.27 bits per heavy atom. The molecule has 1 spiro atoms. The summed E-state index contributed by atoms with van der Waals surface area (Å²) in [5.74, 6) is 0.840. The first kappa shape index (κ1) is 9.64. The molecule has 0 aromatic rings. The fourth-order valence-corrected chi connectivity index (χ4v) is 2.89. The predicted octanol–water partition coefficient (Wildman–Crippen LogP) is 0.949.